The second kappa shape index (κ2) is 9.43. The van der Waals surface area contributed by atoms with Gasteiger partial charge in [-0.1, -0.05) is 6.42 Å². The average molecular weight is 467 g/mol. The molecule has 188 valence electrons. The zero-order valence-electron chi connectivity index (χ0n) is 21.7. The van der Waals surface area contributed by atoms with Crippen LogP contribution in [0.25, 0.3) is 0 Å². The van der Waals surface area contributed by atoms with Crippen LogP contribution in [-0.2, 0) is 0 Å². The Labute approximate surface area is 208 Å². The van der Waals surface area contributed by atoms with Crippen LogP contribution in [0.5, 0.6) is 0 Å². The third kappa shape index (κ3) is 4.23. The molecular formula is C30H50N4+2. The van der Waals surface area contributed by atoms with Crippen LogP contribution in [0.4, 0.5) is 0 Å². The summed E-state index contributed by atoms with van der Waals surface area (Å²) < 4.78 is 5.75. The van der Waals surface area contributed by atoms with E-state index in [0.29, 0.717) is 0 Å². The summed E-state index contributed by atoms with van der Waals surface area (Å²) >= 11 is 0. The Kier molecular flexibility index (Phi) is 6.15. The minimum Gasteiger partial charge on any atom is -0.261 e. The van der Waals surface area contributed by atoms with Gasteiger partial charge in [-0.25, -0.2) is 0 Å². The van der Waals surface area contributed by atoms with Gasteiger partial charge in [0.2, 0.25) is 12.7 Å². The van der Waals surface area contributed by atoms with Crippen molar-refractivity contribution in [3.63, 3.8) is 0 Å². The van der Waals surface area contributed by atoms with E-state index in [9.17, 15) is 0 Å². The third-order valence-corrected chi connectivity index (χ3v) is 11.4. The highest BCUT2D eigenvalue weighted by Gasteiger charge is 2.47. The maximum Gasteiger partial charge on any atom is 0.234 e. The highest BCUT2D eigenvalue weighted by molar-refractivity contribution is 5.53. The Morgan fingerprint density at radius 1 is 0.471 bits per heavy atom. The predicted octanol–water partition coefficient (Wildman–Crippen LogP) is 4.95. The topological polar surface area (TPSA) is 12.5 Å². The molecule has 0 spiro atoms. The normalized spacial score (nSPS) is 44.7. The molecule has 6 unspecified atom stereocenters. The molecule has 0 aromatic carbocycles. The lowest BCUT2D eigenvalue weighted by molar-refractivity contribution is -0.572. The van der Waals surface area contributed by atoms with Crippen LogP contribution in [0.15, 0.2) is 0 Å². The molecule has 0 N–H and O–H groups in total. The lowest BCUT2D eigenvalue weighted by Crippen LogP contribution is -2.44. The summed E-state index contributed by atoms with van der Waals surface area (Å²) in [4.78, 5) is 5.73. The molecule has 0 amide bonds. The zero-order chi connectivity index (χ0) is 22.5. The van der Waals surface area contributed by atoms with Crippen LogP contribution in [0, 0.1) is 23.7 Å². The van der Waals surface area contributed by atoms with Gasteiger partial charge in [0.05, 0.1) is 26.2 Å². The van der Waals surface area contributed by atoms with Crippen molar-refractivity contribution >= 4 is 12.7 Å². The van der Waals surface area contributed by atoms with Gasteiger partial charge in [-0.2, -0.15) is 0 Å². The summed E-state index contributed by atoms with van der Waals surface area (Å²) in [6, 6.07) is 3.31. The zero-order valence-corrected chi connectivity index (χ0v) is 21.7. The van der Waals surface area contributed by atoms with Gasteiger partial charge in [0.25, 0.3) is 0 Å². The molecule has 4 heterocycles. The molecule has 8 bridgehead atoms. The van der Waals surface area contributed by atoms with E-state index in [4.69, 9.17) is 0 Å². The van der Waals surface area contributed by atoms with E-state index in [2.05, 4.69) is 31.6 Å². The van der Waals surface area contributed by atoms with E-state index < -0.39 is 0 Å². The maximum absolute atomic E-state index is 2.88. The van der Waals surface area contributed by atoms with Crippen molar-refractivity contribution < 1.29 is 9.15 Å². The molecule has 4 aliphatic carbocycles. The van der Waals surface area contributed by atoms with Gasteiger partial charge in [0.1, 0.15) is 24.2 Å². The molecule has 0 radical (unpaired) electrons. The lowest BCUT2D eigenvalue weighted by Gasteiger charge is -2.34. The summed E-state index contributed by atoms with van der Waals surface area (Å²) in [7, 11) is 0. The highest BCUT2D eigenvalue weighted by atomic mass is 15.3. The molecule has 0 saturated heterocycles. The summed E-state index contributed by atoms with van der Waals surface area (Å²) in [5.41, 5.74) is 0. The van der Waals surface area contributed by atoms with Crippen molar-refractivity contribution in [2.24, 2.45) is 23.7 Å². The molecule has 4 aliphatic heterocycles. The van der Waals surface area contributed by atoms with Gasteiger partial charge in [-0.15, -0.1) is 0 Å². The number of nitrogens with zero attached hydrogens (tertiary/aromatic N) is 4. The van der Waals surface area contributed by atoms with Crippen LogP contribution in [0.2, 0.25) is 0 Å². The first kappa shape index (κ1) is 22.2. The van der Waals surface area contributed by atoms with Gasteiger partial charge in [0, 0.05) is 0 Å². The second-order valence-electron chi connectivity index (χ2n) is 13.6. The van der Waals surface area contributed by atoms with Gasteiger partial charge in [-0.3, -0.25) is 19.0 Å². The third-order valence-electron chi connectivity index (χ3n) is 11.4. The molecule has 34 heavy (non-hydrogen) atoms. The fourth-order valence-corrected chi connectivity index (χ4v) is 9.71. The van der Waals surface area contributed by atoms with Crippen molar-refractivity contribution in [2.45, 2.75) is 127 Å². The highest BCUT2D eigenvalue weighted by Crippen LogP contribution is 2.38. The fraction of sp³-hybridized carbons (Fsp3) is 0.933. The Balaban J connectivity index is 1.15. The van der Waals surface area contributed by atoms with Gasteiger partial charge < -0.3 is 0 Å². The molecule has 4 fully saturated rings. The summed E-state index contributed by atoms with van der Waals surface area (Å²) in [6.45, 7) is 5.41. The van der Waals surface area contributed by atoms with E-state index in [-0.39, 0.29) is 0 Å². The molecule has 0 aromatic rings. The molecule has 8 aliphatic rings. The SMILES string of the molecule is C1=[N+]2CC3CCCC(C3)C[N+]3=CN(CC4CCC(CC4)CN1C1CCCCC12)C1CCCCC13. The van der Waals surface area contributed by atoms with E-state index in [1.54, 1.807) is 0 Å². The Hall–Kier alpha value is -1.06. The minimum absolute atomic E-state index is 0.827. The van der Waals surface area contributed by atoms with Gasteiger partial charge in [-0.05, 0) is 120 Å². The number of fused-ring (bicyclic) bond motifs is 4. The predicted molar refractivity (Wildman–Crippen MR) is 139 cm³/mol. The van der Waals surface area contributed by atoms with E-state index in [0.717, 1.165) is 47.8 Å². The van der Waals surface area contributed by atoms with Gasteiger partial charge >= 0.3 is 0 Å². The summed E-state index contributed by atoms with van der Waals surface area (Å²) in [6.07, 6.45) is 28.7. The molecule has 6 atom stereocenters. The molecule has 4 heteroatoms. The number of rotatable bonds is 0. The smallest absolute Gasteiger partial charge is 0.234 e. The molecule has 4 saturated carbocycles. The first-order valence-electron chi connectivity index (χ1n) is 15.5. The summed E-state index contributed by atoms with van der Waals surface area (Å²) in [5, 5.41) is 0. The van der Waals surface area contributed by atoms with Crippen LogP contribution in [-0.4, -0.2) is 82.0 Å². The largest absolute Gasteiger partial charge is 0.261 e. The number of hydrogen-bond donors (Lipinski definition) is 0. The molecular weight excluding hydrogens is 416 g/mol. The fourth-order valence-electron chi connectivity index (χ4n) is 9.71. The average Bonchev–Trinajstić information content (AvgIpc) is 3.38. The van der Waals surface area contributed by atoms with E-state index in [1.807, 2.05) is 0 Å². The Bertz CT molecular complexity index is 732. The van der Waals surface area contributed by atoms with Crippen molar-refractivity contribution in [1.29, 1.82) is 0 Å². The van der Waals surface area contributed by atoms with Crippen LogP contribution < -0.4 is 0 Å². The van der Waals surface area contributed by atoms with E-state index >= 15 is 0 Å². The lowest BCUT2D eigenvalue weighted by atomic mass is 9.80. The van der Waals surface area contributed by atoms with Crippen LogP contribution in [0.1, 0.15) is 103 Å². The molecule has 4 nitrogen and oxygen atoms in total. The first-order chi connectivity index (χ1) is 16.8. The molecule has 8 rings (SSSR count). The Morgan fingerprint density at radius 2 is 0.941 bits per heavy atom. The first-order valence-corrected chi connectivity index (χ1v) is 15.5. The van der Waals surface area contributed by atoms with Crippen molar-refractivity contribution in [3.05, 3.63) is 0 Å². The van der Waals surface area contributed by atoms with Crippen LogP contribution in [0.3, 0.4) is 0 Å². The monoisotopic (exact) mass is 466 g/mol. The van der Waals surface area contributed by atoms with Crippen molar-refractivity contribution in [2.75, 3.05) is 26.2 Å². The maximum atomic E-state index is 2.88. The standard InChI is InChI=1S/C30H50N4/c1-3-10-29-27(8-1)31-17-23-12-14-24(15-13-23)18-32-22-34(30-11-4-2-9-28(30)32)20-26-7-5-6-25(16-26)19-33(29)21-31/h21-30H,1-20H2/q+2. The van der Waals surface area contributed by atoms with Gasteiger partial charge in [0.15, 0.2) is 0 Å². The minimum atomic E-state index is 0.827. The molecule has 0 aromatic heterocycles. The summed E-state index contributed by atoms with van der Waals surface area (Å²) in [5.74, 6) is 3.72. The number of hydrogen-bond acceptors (Lipinski definition) is 2. The second-order valence-corrected chi connectivity index (χ2v) is 13.6. The van der Waals surface area contributed by atoms with Crippen molar-refractivity contribution in [3.8, 4) is 0 Å². The van der Waals surface area contributed by atoms with Crippen LogP contribution >= 0.6 is 0 Å². The quantitative estimate of drug-likeness (QED) is 0.469. The Morgan fingerprint density at radius 3 is 1.44 bits per heavy atom. The van der Waals surface area contributed by atoms with Crippen molar-refractivity contribution in [1.82, 2.24) is 9.80 Å². The van der Waals surface area contributed by atoms with E-state index in [1.165, 1.54) is 129 Å².